The van der Waals surface area contributed by atoms with Gasteiger partial charge >= 0.3 is 5.97 Å². The molecule has 0 fully saturated rings. The Morgan fingerprint density at radius 1 is 1.27 bits per heavy atom. The highest BCUT2D eigenvalue weighted by molar-refractivity contribution is 5.90. The van der Waals surface area contributed by atoms with Gasteiger partial charge in [0.25, 0.3) is 5.56 Å². The first-order chi connectivity index (χ1) is 12.4. The maximum atomic E-state index is 13.0. The highest BCUT2D eigenvalue weighted by Crippen LogP contribution is 2.32. The number of rotatable bonds is 5. The third-order valence-electron chi connectivity index (χ3n) is 4.61. The van der Waals surface area contributed by atoms with Gasteiger partial charge in [-0.3, -0.25) is 9.36 Å². The van der Waals surface area contributed by atoms with E-state index < -0.39 is 5.97 Å². The van der Waals surface area contributed by atoms with Gasteiger partial charge in [0.05, 0.1) is 6.61 Å². The van der Waals surface area contributed by atoms with Crippen molar-refractivity contribution in [2.24, 2.45) is 0 Å². The van der Waals surface area contributed by atoms with Crippen LogP contribution in [0.2, 0.25) is 0 Å². The fraction of sp³-hybridized carbons (Fsp3) is 0.450. The van der Waals surface area contributed by atoms with Crippen LogP contribution in [0.15, 0.2) is 35.1 Å². The predicted octanol–water partition coefficient (Wildman–Crippen LogP) is 3.07. The van der Waals surface area contributed by atoms with E-state index in [2.05, 4.69) is 4.98 Å². The van der Waals surface area contributed by atoms with Gasteiger partial charge in [-0.05, 0) is 25.3 Å². The molecule has 1 aliphatic rings. The lowest BCUT2D eigenvalue weighted by Crippen LogP contribution is -2.39. The number of benzene rings is 1. The number of aromatic nitrogens is 2. The van der Waals surface area contributed by atoms with Gasteiger partial charge in [0.1, 0.15) is 12.4 Å². The van der Waals surface area contributed by atoms with Crippen LogP contribution in [0.1, 0.15) is 55.5 Å². The molecule has 1 aliphatic heterocycles. The zero-order valence-corrected chi connectivity index (χ0v) is 15.4. The molecule has 0 aliphatic carbocycles. The average Bonchev–Trinajstić information content (AvgIpc) is 2.62. The summed E-state index contributed by atoms with van der Waals surface area (Å²) in [5.74, 6) is -0.0462. The number of hydrogen-bond acceptors (Lipinski definition) is 5. The van der Waals surface area contributed by atoms with Crippen LogP contribution in [-0.2, 0) is 23.3 Å². The van der Waals surface area contributed by atoms with E-state index in [0.29, 0.717) is 12.4 Å². The molecule has 2 heterocycles. The normalized spacial score (nSPS) is 15.2. The maximum absolute atomic E-state index is 13.0. The smallest absolute Gasteiger partial charge is 0.361 e. The number of hydrogen-bond donors (Lipinski definition) is 0. The van der Waals surface area contributed by atoms with Crippen molar-refractivity contribution in [2.45, 2.75) is 52.2 Å². The molecule has 0 bridgehead atoms. The largest absolute Gasteiger partial charge is 0.481 e. The fourth-order valence-corrected chi connectivity index (χ4v) is 3.25. The molecule has 0 amide bonds. The van der Waals surface area contributed by atoms with Gasteiger partial charge in [0.2, 0.25) is 5.75 Å². The van der Waals surface area contributed by atoms with E-state index in [1.54, 1.807) is 11.5 Å². The first-order valence-electron chi connectivity index (χ1n) is 8.93. The van der Waals surface area contributed by atoms with Gasteiger partial charge in [-0.25, -0.2) is 9.78 Å². The van der Waals surface area contributed by atoms with Crippen LogP contribution in [-0.4, -0.2) is 22.1 Å². The van der Waals surface area contributed by atoms with Crippen LogP contribution < -0.4 is 10.3 Å². The molecule has 1 aromatic carbocycles. The molecule has 26 heavy (non-hydrogen) atoms. The molecule has 0 N–H and O–H groups in total. The van der Waals surface area contributed by atoms with Crippen LogP contribution in [0.25, 0.3) is 0 Å². The Morgan fingerprint density at radius 2 is 2.00 bits per heavy atom. The maximum Gasteiger partial charge on any atom is 0.361 e. The van der Waals surface area contributed by atoms with Gasteiger partial charge in [-0.2, -0.15) is 0 Å². The van der Waals surface area contributed by atoms with Crippen LogP contribution in [0.3, 0.4) is 0 Å². The molecular weight excluding hydrogens is 332 g/mol. The Morgan fingerprint density at radius 3 is 2.69 bits per heavy atom. The van der Waals surface area contributed by atoms with E-state index in [1.807, 2.05) is 44.2 Å². The average molecular weight is 356 g/mol. The van der Waals surface area contributed by atoms with Crippen molar-refractivity contribution >= 4 is 5.97 Å². The lowest BCUT2D eigenvalue weighted by atomic mass is 9.84. The van der Waals surface area contributed by atoms with Gasteiger partial charge < -0.3 is 9.47 Å². The van der Waals surface area contributed by atoms with E-state index in [4.69, 9.17) is 9.47 Å². The van der Waals surface area contributed by atoms with E-state index >= 15 is 0 Å². The van der Waals surface area contributed by atoms with Gasteiger partial charge in [0, 0.05) is 12.0 Å². The standard InChI is InChI=1S/C20H24N2O4/c1-4-25-18(24)15-16(26-13-14-9-6-5-7-10-14)17(23)22-12-8-11-20(2,3)19(22)21-15/h5-7,9-10H,4,8,11-13H2,1-3H3. The minimum Gasteiger partial charge on any atom is -0.481 e. The summed E-state index contributed by atoms with van der Waals surface area (Å²) in [4.78, 5) is 30.0. The molecule has 6 heteroatoms. The van der Waals surface area contributed by atoms with Crippen molar-refractivity contribution in [3.8, 4) is 5.75 Å². The van der Waals surface area contributed by atoms with Gasteiger partial charge in [-0.1, -0.05) is 44.2 Å². The number of esters is 1. The molecule has 0 unspecified atom stereocenters. The van der Waals surface area contributed by atoms with Crippen LogP contribution in [0, 0.1) is 0 Å². The summed E-state index contributed by atoms with van der Waals surface area (Å²) in [6.45, 7) is 6.76. The van der Waals surface area contributed by atoms with E-state index in [9.17, 15) is 9.59 Å². The second-order valence-electron chi connectivity index (χ2n) is 7.05. The Labute approximate surface area is 152 Å². The molecule has 0 saturated heterocycles. The molecule has 6 nitrogen and oxygen atoms in total. The molecule has 0 atom stereocenters. The van der Waals surface area contributed by atoms with Crippen molar-refractivity contribution in [2.75, 3.05) is 6.61 Å². The number of ether oxygens (including phenoxy) is 2. The Hall–Kier alpha value is -2.63. The second-order valence-corrected chi connectivity index (χ2v) is 7.05. The lowest BCUT2D eigenvalue weighted by Gasteiger charge is -2.32. The predicted molar refractivity (Wildman–Crippen MR) is 97.5 cm³/mol. The molecule has 1 aromatic heterocycles. The summed E-state index contributed by atoms with van der Waals surface area (Å²) >= 11 is 0. The number of fused-ring (bicyclic) bond motifs is 1. The number of nitrogens with zero attached hydrogens (tertiary/aromatic N) is 2. The third-order valence-corrected chi connectivity index (χ3v) is 4.61. The van der Waals surface area contributed by atoms with Crippen LogP contribution in [0.5, 0.6) is 5.75 Å². The Bertz CT molecular complexity index is 856. The lowest BCUT2D eigenvalue weighted by molar-refractivity contribution is 0.0511. The van der Waals surface area contributed by atoms with Gasteiger partial charge in [-0.15, -0.1) is 0 Å². The third kappa shape index (κ3) is 3.49. The quantitative estimate of drug-likeness (QED) is 0.770. The van der Waals surface area contributed by atoms with E-state index in [1.165, 1.54) is 0 Å². The number of carbonyl (C=O) groups is 1. The minimum absolute atomic E-state index is 0.0333. The van der Waals surface area contributed by atoms with E-state index in [0.717, 1.165) is 18.4 Å². The Balaban J connectivity index is 2.06. The van der Waals surface area contributed by atoms with Crippen molar-refractivity contribution in [3.05, 3.63) is 57.8 Å². The molecule has 3 rings (SSSR count). The summed E-state index contributed by atoms with van der Waals surface area (Å²) in [7, 11) is 0. The van der Waals surface area contributed by atoms with Crippen molar-refractivity contribution in [3.63, 3.8) is 0 Å². The zero-order valence-electron chi connectivity index (χ0n) is 15.4. The monoisotopic (exact) mass is 356 g/mol. The zero-order chi connectivity index (χ0) is 18.7. The second kappa shape index (κ2) is 7.32. The van der Waals surface area contributed by atoms with Crippen molar-refractivity contribution < 1.29 is 14.3 Å². The highest BCUT2D eigenvalue weighted by atomic mass is 16.5. The van der Waals surface area contributed by atoms with Gasteiger partial charge in [0.15, 0.2) is 5.69 Å². The first kappa shape index (κ1) is 18.2. The molecule has 0 saturated carbocycles. The molecule has 0 radical (unpaired) electrons. The molecule has 2 aromatic rings. The Kier molecular flexibility index (Phi) is 5.11. The summed E-state index contributed by atoms with van der Waals surface area (Å²) in [5, 5.41) is 0. The molecular formula is C20H24N2O4. The summed E-state index contributed by atoms with van der Waals surface area (Å²) in [5.41, 5.74) is 0.275. The number of carbonyl (C=O) groups excluding carboxylic acids is 1. The fourth-order valence-electron chi connectivity index (χ4n) is 3.25. The summed E-state index contributed by atoms with van der Waals surface area (Å²) < 4.78 is 12.5. The van der Waals surface area contributed by atoms with Crippen LogP contribution >= 0.6 is 0 Å². The highest BCUT2D eigenvalue weighted by Gasteiger charge is 2.34. The van der Waals surface area contributed by atoms with Crippen molar-refractivity contribution in [1.82, 2.24) is 9.55 Å². The SMILES string of the molecule is CCOC(=O)c1nc2n(c(=O)c1OCc1ccccc1)CCCC2(C)C. The van der Waals surface area contributed by atoms with Crippen LogP contribution in [0.4, 0.5) is 0 Å². The molecule has 0 spiro atoms. The first-order valence-corrected chi connectivity index (χ1v) is 8.93. The van der Waals surface area contributed by atoms with E-state index in [-0.39, 0.29) is 35.6 Å². The summed E-state index contributed by atoms with van der Waals surface area (Å²) in [6.07, 6.45) is 1.80. The summed E-state index contributed by atoms with van der Waals surface area (Å²) in [6, 6.07) is 9.50. The topological polar surface area (TPSA) is 70.4 Å². The molecule has 138 valence electrons. The minimum atomic E-state index is -0.627. The van der Waals surface area contributed by atoms with Crippen molar-refractivity contribution in [1.29, 1.82) is 0 Å².